The van der Waals surface area contributed by atoms with Gasteiger partial charge in [0, 0.05) is 31.4 Å². The van der Waals surface area contributed by atoms with E-state index in [4.69, 9.17) is 0 Å². The van der Waals surface area contributed by atoms with Gasteiger partial charge in [0.05, 0.1) is 5.92 Å². The Morgan fingerprint density at radius 3 is 2.55 bits per heavy atom. The highest BCUT2D eigenvalue weighted by Gasteiger charge is 2.41. The van der Waals surface area contributed by atoms with E-state index in [9.17, 15) is 17.6 Å². The summed E-state index contributed by atoms with van der Waals surface area (Å²) in [4.78, 5) is 5.57. The van der Waals surface area contributed by atoms with E-state index >= 15 is 0 Å². The topological polar surface area (TPSA) is 28.2 Å². The van der Waals surface area contributed by atoms with Crippen LogP contribution in [0.15, 0.2) is 12.3 Å². The molecule has 1 aliphatic heterocycles. The average molecular weight is 291 g/mol. The monoisotopic (exact) mass is 291 g/mol. The molecule has 7 heteroatoms. The fourth-order valence-corrected chi connectivity index (χ4v) is 2.44. The lowest BCUT2D eigenvalue weighted by atomic mass is 9.96. The normalized spacial score (nSPS) is 17.6. The molecule has 20 heavy (non-hydrogen) atoms. The van der Waals surface area contributed by atoms with Crippen LogP contribution in [0.3, 0.4) is 0 Å². The van der Waals surface area contributed by atoms with Crippen molar-refractivity contribution in [2.75, 3.05) is 25.0 Å². The molecule has 0 spiro atoms. The fraction of sp³-hybridized carbons (Fsp3) is 0.615. The molecule has 0 amide bonds. The molecule has 1 aromatic rings. The number of hydrogen-bond acceptors (Lipinski definition) is 3. The van der Waals surface area contributed by atoms with Gasteiger partial charge in [-0.1, -0.05) is 0 Å². The highest BCUT2D eigenvalue weighted by Crippen LogP contribution is 2.35. The number of hydrogen-bond donors (Lipinski definition) is 1. The van der Waals surface area contributed by atoms with Crippen molar-refractivity contribution in [3.8, 4) is 0 Å². The number of nitrogens with one attached hydrogen (secondary N) is 1. The number of alkyl halides is 3. The maximum atomic E-state index is 14.2. The van der Waals surface area contributed by atoms with Gasteiger partial charge in [-0.05, 0) is 26.0 Å². The predicted molar refractivity (Wildman–Crippen MR) is 68.0 cm³/mol. The molecular formula is C13H17F4N3. The van der Waals surface area contributed by atoms with E-state index in [0.717, 1.165) is 0 Å². The minimum absolute atomic E-state index is 0.0130. The van der Waals surface area contributed by atoms with E-state index in [1.807, 2.05) is 0 Å². The summed E-state index contributed by atoms with van der Waals surface area (Å²) in [6.07, 6.45) is -2.70. The van der Waals surface area contributed by atoms with Gasteiger partial charge in [0.15, 0.2) is 11.6 Å². The molecule has 1 saturated heterocycles. The summed E-state index contributed by atoms with van der Waals surface area (Å²) in [6.45, 7) is 0.717. The highest BCUT2D eigenvalue weighted by molar-refractivity contribution is 5.43. The molecular weight excluding hydrogens is 274 g/mol. The largest absolute Gasteiger partial charge is 0.391 e. The Bertz CT molecular complexity index is 453. The summed E-state index contributed by atoms with van der Waals surface area (Å²) in [5.41, 5.74) is 0.468. The van der Waals surface area contributed by atoms with Gasteiger partial charge in [0.2, 0.25) is 0 Å². The number of aromatic nitrogens is 1. The fourth-order valence-electron chi connectivity index (χ4n) is 2.44. The number of anilines is 1. The summed E-state index contributed by atoms with van der Waals surface area (Å²) in [5, 5.41) is 2.85. The molecule has 112 valence electrons. The van der Waals surface area contributed by atoms with Gasteiger partial charge in [-0.2, -0.15) is 13.2 Å². The molecule has 0 saturated carbocycles. The van der Waals surface area contributed by atoms with Crippen LogP contribution in [0.5, 0.6) is 0 Å². The van der Waals surface area contributed by atoms with Crippen molar-refractivity contribution in [3.63, 3.8) is 0 Å². The average Bonchev–Trinajstić information content (AvgIpc) is 2.41. The van der Waals surface area contributed by atoms with Crippen molar-refractivity contribution in [2.45, 2.75) is 25.6 Å². The molecule has 1 aliphatic rings. The van der Waals surface area contributed by atoms with E-state index in [0.29, 0.717) is 12.1 Å². The predicted octanol–water partition coefficient (Wildman–Crippen LogP) is 2.72. The van der Waals surface area contributed by atoms with Crippen molar-refractivity contribution in [2.24, 2.45) is 5.92 Å². The van der Waals surface area contributed by atoms with E-state index in [2.05, 4.69) is 10.3 Å². The number of pyridine rings is 1. The molecule has 1 aromatic heterocycles. The van der Waals surface area contributed by atoms with Crippen LogP contribution in [0.1, 0.15) is 18.4 Å². The first-order valence-electron chi connectivity index (χ1n) is 6.53. The maximum Gasteiger partial charge on any atom is 0.391 e. The van der Waals surface area contributed by atoms with Crippen LogP contribution in [0.25, 0.3) is 0 Å². The maximum absolute atomic E-state index is 14.2. The van der Waals surface area contributed by atoms with E-state index < -0.39 is 17.9 Å². The van der Waals surface area contributed by atoms with Gasteiger partial charge < -0.3 is 10.2 Å². The Morgan fingerprint density at radius 1 is 1.35 bits per heavy atom. The van der Waals surface area contributed by atoms with Gasteiger partial charge in [0.25, 0.3) is 0 Å². The van der Waals surface area contributed by atoms with Gasteiger partial charge in [0.1, 0.15) is 0 Å². The van der Waals surface area contributed by atoms with Crippen LogP contribution in [0.4, 0.5) is 23.4 Å². The third-order valence-electron chi connectivity index (χ3n) is 3.58. The van der Waals surface area contributed by atoms with Crippen LogP contribution in [-0.2, 0) is 6.54 Å². The quantitative estimate of drug-likeness (QED) is 0.868. The molecule has 3 nitrogen and oxygen atoms in total. The van der Waals surface area contributed by atoms with Crippen LogP contribution in [-0.4, -0.2) is 31.3 Å². The van der Waals surface area contributed by atoms with E-state index in [1.54, 1.807) is 18.0 Å². The molecule has 0 radical (unpaired) electrons. The Labute approximate surface area is 115 Å². The molecule has 0 aromatic carbocycles. The minimum atomic E-state index is -4.16. The Kier molecular flexibility index (Phi) is 4.47. The lowest BCUT2D eigenvalue weighted by Crippen LogP contribution is -2.39. The van der Waals surface area contributed by atoms with Gasteiger partial charge in [-0.3, -0.25) is 0 Å². The van der Waals surface area contributed by atoms with Crippen molar-refractivity contribution in [3.05, 3.63) is 23.6 Å². The molecule has 1 N–H and O–H groups in total. The zero-order valence-corrected chi connectivity index (χ0v) is 11.2. The molecule has 0 bridgehead atoms. The summed E-state index contributed by atoms with van der Waals surface area (Å²) >= 11 is 0. The van der Waals surface area contributed by atoms with Crippen molar-refractivity contribution >= 4 is 5.82 Å². The lowest BCUT2D eigenvalue weighted by molar-refractivity contribution is -0.179. The molecule has 1 fully saturated rings. The zero-order valence-electron chi connectivity index (χ0n) is 11.2. The Hall–Kier alpha value is -1.37. The summed E-state index contributed by atoms with van der Waals surface area (Å²) in [7, 11) is 1.70. The number of rotatable bonds is 3. The third-order valence-corrected chi connectivity index (χ3v) is 3.58. The first-order chi connectivity index (χ1) is 9.43. The molecule has 0 aliphatic carbocycles. The van der Waals surface area contributed by atoms with Gasteiger partial charge in [-0.25, -0.2) is 9.37 Å². The van der Waals surface area contributed by atoms with Crippen molar-refractivity contribution in [1.29, 1.82) is 0 Å². The van der Waals surface area contributed by atoms with Crippen molar-refractivity contribution < 1.29 is 17.6 Å². The van der Waals surface area contributed by atoms with Crippen LogP contribution in [0, 0.1) is 11.7 Å². The summed E-state index contributed by atoms with van der Waals surface area (Å²) < 4.78 is 52.0. The Morgan fingerprint density at radius 2 is 2.00 bits per heavy atom. The second-order valence-corrected chi connectivity index (χ2v) is 4.94. The second kappa shape index (κ2) is 5.95. The first kappa shape index (κ1) is 15.0. The molecule has 2 heterocycles. The number of piperidine rings is 1. The van der Waals surface area contributed by atoms with Crippen LogP contribution < -0.4 is 10.2 Å². The smallest absolute Gasteiger partial charge is 0.354 e. The second-order valence-electron chi connectivity index (χ2n) is 4.94. The van der Waals surface area contributed by atoms with Crippen LogP contribution >= 0.6 is 0 Å². The van der Waals surface area contributed by atoms with E-state index in [-0.39, 0.29) is 31.7 Å². The third kappa shape index (κ3) is 3.20. The standard InChI is InChI=1S/C13H17F4N3/c1-18-8-9-2-5-19-12(11(9)14)20-6-3-10(4-7-20)13(15,16)17/h2,5,10,18H,3-4,6-8H2,1H3. The van der Waals surface area contributed by atoms with E-state index in [1.165, 1.54) is 6.20 Å². The Balaban J connectivity index is 2.09. The lowest BCUT2D eigenvalue weighted by Gasteiger charge is -2.33. The van der Waals surface area contributed by atoms with Crippen LogP contribution in [0.2, 0.25) is 0 Å². The number of nitrogens with zero attached hydrogens (tertiary/aromatic N) is 2. The minimum Gasteiger partial charge on any atom is -0.354 e. The SMILES string of the molecule is CNCc1ccnc(N2CCC(C(F)(F)F)CC2)c1F. The molecule has 2 rings (SSSR count). The molecule has 0 unspecified atom stereocenters. The zero-order chi connectivity index (χ0) is 14.8. The highest BCUT2D eigenvalue weighted by atomic mass is 19.4. The molecule has 0 atom stereocenters. The van der Waals surface area contributed by atoms with Gasteiger partial charge >= 0.3 is 6.18 Å². The number of halogens is 4. The van der Waals surface area contributed by atoms with Gasteiger partial charge in [-0.15, -0.1) is 0 Å². The summed E-state index contributed by atoms with van der Waals surface area (Å²) in [5.74, 6) is -1.59. The van der Waals surface area contributed by atoms with Crippen molar-refractivity contribution in [1.82, 2.24) is 10.3 Å². The summed E-state index contributed by atoms with van der Waals surface area (Å²) in [6, 6.07) is 1.57. The first-order valence-corrected chi connectivity index (χ1v) is 6.53.